The van der Waals surface area contributed by atoms with Crippen LogP contribution in [0.1, 0.15) is 32.2 Å². The minimum atomic E-state index is -0.504. The van der Waals surface area contributed by atoms with E-state index in [0.29, 0.717) is 18.7 Å². The minimum absolute atomic E-state index is 0.232. The van der Waals surface area contributed by atoms with Gasteiger partial charge in [0.1, 0.15) is 11.4 Å². The quantitative estimate of drug-likeness (QED) is 0.848. The van der Waals surface area contributed by atoms with Crippen molar-refractivity contribution < 1.29 is 14.1 Å². The average Bonchev–Trinajstić information content (AvgIpc) is 2.58. The maximum absolute atomic E-state index is 11.4. The van der Waals surface area contributed by atoms with Gasteiger partial charge in [0.2, 0.25) is 0 Å². The Hall–Kier alpha value is -1.56. The number of amides is 1. The Morgan fingerprint density at radius 3 is 2.78 bits per heavy atom. The largest absolute Gasteiger partial charge is 0.444 e. The maximum Gasteiger partial charge on any atom is 0.407 e. The second-order valence-electron chi connectivity index (χ2n) is 5.28. The molecular formula is C12H21N3O3. The second kappa shape index (κ2) is 5.86. The van der Waals surface area contributed by atoms with Crippen LogP contribution in [0.4, 0.5) is 4.79 Å². The van der Waals surface area contributed by atoms with E-state index in [1.165, 1.54) is 0 Å². The first-order valence-corrected chi connectivity index (χ1v) is 5.91. The van der Waals surface area contributed by atoms with Gasteiger partial charge in [0.05, 0.1) is 5.69 Å². The zero-order valence-corrected chi connectivity index (χ0v) is 11.3. The molecule has 6 nitrogen and oxygen atoms in total. The molecule has 0 bridgehead atoms. The van der Waals surface area contributed by atoms with Crippen LogP contribution in [0, 0.1) is 6.92 Å². The fourth-order valence-electron chi connectivity index (χ4n) is 1.37. The predicted octanol–water partition coefficient (Wildman–Crippen LogP) is 1.38. The van der Waals surface area contributed by atoms with Gasteiger partial charge in [0.25, 0.3) is 0 Å². The van der Waals surface area contributed by atoms with E-state index in [1.807, 2.05) is 33.8 Å². The number of aryl methyl sites for hydroxylation is 1. The number of hydrogen-bond acceptors (Lipinski definition) is 5. The van der Waals surface area contributed by atoms with Gasteiger partial charge in [0.15, 0.2) is 0 Å². The van der Waals surface area contributed by atoms with Crippen LogP contribution in [0.25, 0.3) is 0 Å². The summed E-state index contributed by atoms with van der Waals surface area (Å²) in [4.78, 5) is 11.4. The third-order valence-electron chi connectivity index (χ3n) is 2.05. The number of ether oxygens (including phenoxy) is 1. The van der Waals surface area contributed by atoms with E-state index in [0.717, 1.165) is 5.69 Å². The molecule has 0 spiro atoms. The summed E-state index contributed by atoms with van der Waals surface area (Å²) in [5, 5.41) is 6.39. The van der Waals surface area contributed by atoms with E-state index >= 15 is 0 Å². The smallest absolute Gasteiger partial charge is 0.407 e. The lowest BCUT2D eigenvalue weighted by Crippen LogP contribution is -2.41. The molecule has 6 heteroatoms. The molecule has 0 saturated carbocycles. The lowest BCUT2D eigenvalue weighted by atomic mass is 10.2. The number of hydrogen-bond donors (Lipinski definition) is 2. The molecule has 0 aromatic carbocycles. The molecular weight excluding hydrogens is 234 g/mol. The fourth-order valence-corrected chi connectivity index (χ4v) is 1.37. The highest BCUT2D eigenvalue weighted by molar-refractivity contribution is 5.67. The standard InChI is InChI=1S/C12H21N3O3/c1-8-5-10(18-15-8)6-9(13)7-14-11(16)17-12(2,3)4/h5,9H,6-7,13H2,1-4H3,(H,14,16). The number of rotatable bonds is 4. The van der Waals surface area contributed by atoms with Crippen molar-refractivity contribution in [3.63, 3.8) is 0 Å². The lowest BCUT2D eigenvalue weighted by molar-refractivity contribution is 0.0524. The monoisotopic (exact) mass is 255 g/mol. The van der Waals surface area contributed by atoms with E-state index in [1.54, 1.807) is 0 Å². The fraction of sp³-hybridized carbons (Fsp3) is 0.667. The van der Waals surface area contributed by atoms with Crippen molar-refractivity contribution in [3.8, 4) is 0 Å². The Morgan fingerprint density at radius 1 is 1.61 bits per heavy atom. The molecule has 0 aliphatic carbocycles. The normalized spacial score (nSPS) is 13.2. The molecule has 1 aromatic heterocycles. The Kier molecular flexibility index (Phi) is 4.72. The van der Waals surface area contributed by atoms with Gasteiger partial charge in [0, 0.05) is 25.1 Å². The van der Waals surface area contributed by atoms with Crippen molar-refractivity contribution in [2.75, 3.05) is 6.54 Å². The summed E-state index contributed by atoms with van der Waals surface area (Å²) in [5.41, 5.74) is 6.18. The molecule has 1 atom stereocenters. The van der Waals surface area contributed by atoms with Crippen molar-refractivity contribution in [1.82, 2.24) is 10.5 Å². The van der Waals surface area contributed by atoms with Crippen LogP contribution in [-0.4, -0.2) is 29.4 Å². The molecule has 3 N–H and O–H groups in total. The first kappa shape index (κ1) is 14.5. The highest BCUT2D eigenvalue weighted by Crippen LogP contribution is 2.07. The first-order valence-electron chi connectivity index (χ1n) is 5.91. The molecule has 1 aromatic rings. The Labute approximate surface area is 107 Å². The third-order valence-corrected chi connectivity index (χ3v) is 2.05. The van der Waals surface area contributed by atoms with Crippen LogP contribution in [-0.2, 0) is 11.2 Å². The van der Waals surface area contributed by atoms with Gasteiger partial charge in [-0.05, 0) is 27.7 Å². The van der Waals surface area contributed by atoms with Gasteiger partial charge >= 0.3 is 6.09 Å². The third kappa shape index (κ3) is 5.67. The van der Waals surface area contributed by atoms with Crippen molar-refractivity contribution in [1.29, 1.82) is 0 Å². The zero-order chi connectivity index (χ0) is 13.8. The summed E-state index contributed by atoms with van der Waals surface area (Å²) in [5.74, 6) is 0.714. The van der Waals surface area contributed by atoms with Gasteiger partial charge in [-0.25, -0.2) is 4.79 Å². The molecule has 1 heterocycles. The second-order valence-corrected chi connectivity index (χ2v) is 5.28. The Morgan fingerprint density at radius 2 is 2.28 bits per heavy atom. The van der Waals surface area contributed by atoms with Gasteiger partial charge in [-0.3, -0.25) is 0 Å². The number of alkyl carbamates (subject to hydrolysis) is 1. The molecule has 0 aliphatic rings. The van der Waals surface area contributed by atoms with E-state index in [-0.39, 0.29) is 6.04 Å². The summed E-state index contributed by atoms with van der Waals surface area (Å²) in [6.07, 6.45) is 0.0584. The molecule has 102 valence electrons. The van der Waals surface area contributed by atoms with Crippen LogP contribution in [0.15, 0.2) is 10.6 Å². The number of nitrogens with two attached hydrogens (primary N) is 1. The van der Waals surface area contributed by atoms with Gasteiger partial charge in [-0.2, -0.15) is 0 Å². The van der Waals surface area contributed by atoms with Gasteiger partial charge in [-0.15, -0.1) is 0 Å². The number of nitrogens with zero attached hydrogens (tertiary/aromatic N) is 1. The van der Waals surface area contributed by atoms with Gasteiger partial charge < -0.3 is 20.3 Å². The highest BCUT2D eigenvalue weighted by Gasteiger charge is 2.17. The molecule has 1 unspecified atom stereocenters. The van der Waals surface area contributed by atoms with E-state index in [9.17, 15) is 4.79 Å². The van der Waals surface area contributed by atoms with Crippen molar-refractivity contribution in [2.45, 2.75) is 45.8 Å². The summed E-state index contributed by atoms with van der Waals surface area (Å²) in [6.45, 7) is 7.60. The van der Waals surface area contributed by atoms with Crippen LogP contribution < -0.4 is 11.1 Å². The number of carbonyl (C=O) groups is 1. The molecule has 0 radical (unpaired) electrons. The van der Waals surface area contributed by atoms with Crippen LogP contribution in [0.5, 0.6) is 0 Å². The van der Waals surface area contributed by atoms with Crippen molar-refractivity contribution in [3.05, 3.63) is 17.5 Å². The topological polar surface area (TPSA) is 90.4 Å². The first-order chi connectivity index (χ1) is 8.26. The summed E-state index contributed by atoms with van der Waals surface area (Å²) >= 11 is 0. The maximum atomic E-state index is 11.4. The number of nitrogens with one attached hydrogen (secondary N) is 1. The molecule has 18 heavy (non-hydrogen) atoms. The lowest BCUT2D eigenvalue weighted by Gasteiger charge is -2.20. The van der Waals surface area contributed by atoms with E-state index in [2.05, 4.69) is 10.5 Å². The highest BCUT2D eigenvalue weighted by atomic mass is 16.6. The molecule has 0 fully saturated rings. The van der Waals surface area contributed by atoms with Crippen LogP contribution in [0.2, 0.25) is 0 Å². The zero-order valence-electron chi connectivity index (χ0n) is 11.3. The summed E-state index contributed by atoms with van der Waals surface area (Å²) < 4.78 is 10.1. The molecule has 1 rings (SSSR count). The molecule has 1 amide bonds. The number of carbonyl (C=O) groups excluding carboxylic acids is 1. The van der Waals surface area contributed by atoms with Crippen LogP contribution in [0.3, 0.4) is 0 Å². The Balaban J connectivity index is 2.29. The van der Waals surface area contributed by atoms with Crippen molar-refractivity contribution >= 4 is 6.09 Å². The van der Waals surface area contributed by atoms with Gasteiger partial charge in [-0.1, -0.05) is 5.16 Å². The number of aromatic nitrogens is 1. The SMILES string of the molecule is Cc1cc(CC(N)CNC(=O)OC(C)(C)C)on1. The summed E-state index contributed by atoms with van der Waals surface area (Å²) in [6, 6.07) is 1.60. The average molecular weight is 255 g/mol. The minimum Gasteiger partial charge on any atom is -0.444 e. The van der Waals surface area contributed by atoms with Crippen molar-refractivity contribution in [2.24, 2.45) is 5.73 Å². The van der Waals surface area contributed by atoms with E-state index in [4.69, 9.17) is 15.0 Å². The van der Waals surface area contributed by atoms with Crippen LogP contribution >= 0.6 is 0 Å². The van der Waals surface area contributed by atoms with E-state index < -0.39 is 11.7 Å². The Bertz CT molecular complexity index is 396. The molecule has 0 aliphatic heterocycles. The predicted molar refractivity (Wildman–Crippen MR) is 67.2 cm³/mol. The summed E-state index contributed by atoms with van der Waals surface area (Å²) in [7, 11) is 0. The molecule has 0 saturated heterocycles.